The monoisotopic (exact) mass is 407 g/mol. The van der Waals surface area contributed by atoms with Crippen LogP contribution in [0.4, 0.5) is 5.69 Å². The van der Waals surface area contributed by atoms with Crippen molar-refractivity contribution < 1.29 is 28.9 Å². The molecular weight excluding hydrogens is 386 g/mol. The van der Waals surface area contributed by atoms with E-state index in [0.29, 0.717) is 22.7 Å². The summed E-state index contributed by atoms with van der Waals surface area (Å²) in [7, 11) is 2.97. The van der Waals surface area contributed by atoms with Crippen molar-refractivity contribution in [3.8, 4) is 17.2 Å². The van der Waals surface area contributed by atoms with E-state index < -0.39 is 18.0 Å². The van der Waals surface area contributed by atoms with Gasteiger partial charge in [-0.25, -0.2) is 4.79 Å². The fourth-order valence-electron chi connectivity index (χ4n) is 2.79. The van der Waals surface area contributed by atoms with Gasteiger partial charge in [0.2, 0.25) is 6.10 Å². The molecule has 0 aliphatic rings. The third-order valence-corrected chi connectivity index (χ3v) is 4.33. The summed E-state index contributed by atoms with van der Waals surface area (Å²) in [5.41, 5.74) is 0.897. The number of hydrogen-bond acceptors (Lipinski definition) is 6. The molecule has 30 heavy (non-hydrogen) atoms. The van der Waals surface area contributed by atoms with Crippen molar-refractivity contribution in [1.82, 2.24) is 0 Å². The number of phenols is 1. The topological polar surface area (TPSA) is 94.1 Å². The number of carbonyl (C=O) groups is 2. The Labute approximate surface area is 173 Å². The highest BCUT2D eigenvalue weighted by Gasteiger charge is 2.27. The Morgan fingerprint density at radius 1 is 0.867 bits per heavy atom. The Morgan fingerprint density at radius 2 is 1.57 bits per heavy atom. The Hall–Kier alpha value is -4.00. The van der Waals surface area contributed by atoms with E-state index in [1.54, 1.807) is 54.6 Å². The molecule has 3 aromatic carbocycles. The average Bonchev–Trinajstić information content (AvgIpc) is 2.77. The molecule has 0 spiro atoms. The lowest BCUT2D eigenvalue weighted by Gasteiger charge is -2.19. The lowest BCUT2D eigenvalue weighted by atomic mass is 10.1. The minimum absolute atomic E-state index is 0.0779. The van der Waals surface area contributed by atoms with E-state index in [2.05, 4.69) is 5.32 Å². The first kappa shape index (κ1) is 20.7. The van der Waals surface area contributed by atoms with Crippen molar-refractivity contribution in [3.05, 3.63) is 83.9 Å². The van der Waals surface area contributed by atoms with Crippen LogP contribution < -0.4 is 14.8 Å². The number of ether oxygens (including phenoxy) is 3. The molecule has 0 bridgehead atoms. The summed E-state index contributed by atoms with van der Waals surface area (Å²) in [6, 6.07) is 19.6. The van der Waals surface area contributed by atoms with E-state index in [4.69, 9.17) is 14.2 Å². The zero-order chi connectivity index (χ0) is 21.5. The van der Waals surface area contributed by atoms with Crippen LogP contribution in [0.3, 0.4) is 0 Å². The number of esters is 1. The summed E-state index contributed by atoms with van der Waals surface area (Å²) < 4.78 is 15.7. The number of methoxy groups -OCH3 is 2. The predicted octanol–water partition coefficient (Wildman–Crippen LogP) is 3.95. The largest absolute Gasteiger partial charge is 0.507 e. The van der Waals surface area contributed by atoms with Gasteiger partial charge in [0.25, 0.3) is 5.91 Å². The Morgan fingerprint density at radius 3 is 2.23 bits per heavy atom. The van der Waals surface area contributed by atoms with Crippen molar-refractivity contribution in [2.24, 2.45) is 0 Å². The van der Waals surface area contributed by atoms with Gasteiger partial charge in [0.15, 0.2) is 0 Å². The van der Waals surface area contributed by atoms with Crippen molar-refractivity contribution >= 4 is 17.6 Å². The molecule has 0 fully saturated rings. The number of carbonyl (C=O) groups excluding carboxylic acids is 2. The number of hydrogen-bond donors (Lipinski definition) is 2. The van der Waals surface area contributed by atoms with Crippen molar-refractivity contribution in [2.75, 3.05) is 19.5 Å². The zero-order valence-electron chi connectivity index (χ0n) is 16.5. The van der Waals surface area contributed by atoms with Crippen LogP contribution in [0.5, 0.6) is 17.2 Å². The quantitative estimate of drug-likeness (QED) is 0.576. The van der Waals surface area contributed by atoms with E-state index in [9.17, 15) is 14.7 Å². The van der Waals surface area contributed by atoms with Crippen LogP contribution in [0.15, 0.2) is 72.8 Å². The number of aromatic hydroxyl groups is 1. The summed E-state index contributed by atoms with van der Waals surface area (Å²) >= 11 is 0. The molecule has 0 aromatic heterocycles. The van der Waals surface area contributed by atoms with Crippen LogP contribution in [0, 0.1) is 0 Å². The molecule has 3 rings (SSSR count). The predicted molar refractivity (Wildman–Crippen MR) is 111 cm³/mol. The smallest absolute Gasteiger partial charge is 0.343 e. The van der Waals surface area contributed by atoms with E-state index >= 15 is 0 Å². The molecule has 0 saturated carbocycles. The first-order valence-corrected chi connectivity index (χ1v) is 9.09. The lowest BCUT2D eigenvalue weighted by molar-refractivity contribution is -0.125. The standard InChI is InChI=1S/C23H21NO6/c1-28-17-10-6-9-16(13-17)24-22(26)21(15-7-4-3-5-8-15)30-23(27)19-12-11-18(29-2)14-20(19)25/h3-14,21,25H,1-2H3,(H,24,26)/t21-/m1/s1. The normalized spacial score (nSPS) is 11.3. The van der Waals surface area contributed by atoms with Crippen LogP contribution in [0.1, 0.15) is 22.0 Å². The number of benzene rings is 3. The van der Waals surface area contributed by atoms with E-state index in [1.165, 1.54) is 32.4 Å². The summed E-state index contributed by atoms with van der Waals surface area (Å²) in [5, 5.41) is 12.8. The van der Waals surface area contributed by atoms with Gasteiger partial charge in [-0.05, 0) is 24.3 Å². The molecule has 7 nitrogen and oxygen atoms in total. The number of anilines is 1. The van der Waals surface area contributed by atoms with Crippen molar-refractivity contribution in [1.29, 1.82) is 0 Å². The molecule has 0 unspecified atom stereocenters. The Balaban J connectivity index is 1.85. The van der Waals surface area contributed by atoms with Gasteiger partial charge in [-0.15, -0.1) is 0 Å². The van der Waals surface area contributed by atoms with E-state index in [1.807, 2.05) is 0 Å². The highest BCUT2D eigenvalue weighted by Crippen LogP contribution is 2.28. The molecular formula is C23H21NO6. The zero-order valence-corrected chi connectivity index (χ0v) is 16.5. The van der Waals surface area contributed by atoms with Gasteiger partial charge in [0.05, 0.1) is 14.2 Å². The van der Waals surface area contributed by atoms with Crippen LogP contribution in [0.25, 0.3) is 0 Å². The first-order chi connectivity index (χ1) is 14.5. The minimum Gasteiger partial charge on any atom is -0.507 e. The number of amides is 1. The van der Waals surface area contributed by atoms with Crippen LogP contribution in [0.2, 0.25) is 0 Å². The number of phenolic OH excluding ortho intramolecular Hbond substituents is 1. The first-order valence-electron chi connectivity index (χ1n) is 9.09. The van der Waals surface area contributed by atoms with Crippen molar-refractivity contribution in [2.45, 2.75) is 6.10 Å². The van der Waals surface area contributed by atoms with Gasteiger partial charge >= 0.3 is 5.97 Å². The summed E-state index contributed by atoms with van der Waals surface area (Å²) in [5.74, 6) is -0.733. The average molecular weight is 407 g/mol. The molecule has 3 aromatic rings. The second-order valence-electron chi connectivity index (χ2n) is 6.30. The van der Waals surface area contributed by atoms with E-state index in [0.717, 1.165) is 0 Å². The molecule has 1 atom stereocenters. The second kappa shape index (κ2) is 9.47. The molecule has 0 aliphatic heterocycles. The molecule has 0 heterocycles. The molecule has 1 amide bonds. The van der Waals surface area contributed by atoms with Gasteiger partial charge in [0, 0.05) is 23.4 Å². The van der Waals surface area contributed by atoms with Crippen molar-refractivity contribution in [3.63, 3.8) is 0 Å². The molecule has 154 valence electrons. The Kier molecular flexibility index (Phi) is 6.54. The van der Waals surface area contributed by atoms with Crippen LogP contribution in [-0.2, 0) is 9.53 Å². The number of nitrogens with one attached hydrogen (secondary N) is 1. The molecule has 0 saturated heterocycles. The van der Waals surface area contributed by atoms with Gasteiger partial charge in [-0.1, -0.05) is 36.4 Å². The summed E-state index contributed by atoms with van der Waals surface area (Å²) in [6.07, 6.45) is -1.23. The van der Waals surface area contributed by atoms with Gasteiger partial charge in [-0.3, -0.25) is 4.79 Å². The second-order valence-corrected chi connectivity index (χ2v) is 6.30. The summed E-state index contributed by atoms with van der Waals surface area (Å²) in [6.45, 7) is 0. The SMILES string of the molecule is COc1cccc(NC(=O)[C@H](OC(=O)c2ccc(OC)cc2O)c2ccccc2)c1. The van der Waals surface area contributed by atoms with E-state index in [-0.39, 0.29) is 11.3 Å². The third-order valence-electron chi connectivity index (χ3n) is 4.33. The maximum Gasteiger partial charge on any atom is 0.343 e. The maximum atomic E-state index is 13.0. The van der Waals surface area contributed by atoms with Crippen LogP contribution >= 0.6 is 0 Å². The lowest BCUT2D eigenvalue weighted by Crippen LogP contribution is -2.26. The van der Waals surface area contributed by atoms with Gasteiger partial charge in [-0.2, -0.15) is 0 Å². The minimum atomic E-state index is -1.23. The highest BCUT2D eigenvalue weighted by atomic mass is 16.5. The maximum absolute atomic E-state index is 13.0. The molecule has 0 radical (unpaired) electrons. The number of rotatable bonds is 7. The van der Waals surface area contributed by atoms with Gasteiger partial charge < -0.3 is 24.6 Å². The molecule has 7 heteroatoms. The molecule has 0 aliphatic carbocycles. The fourth-order valence-corrected chi connectivity index (χ4v) is 2.79. The highest BCUT2D eigenvalue weighted by molar-refractivity contribution is 5.99. The fraction of sp³-hybridized carbons (Fsp3) is 0.130. The van der Waals surface area contributed by atoms with Crippen LogP contribution in [-0.4, -0.2) is 31.2 Å². The van der Waals surface area contributed by atoms with Gasteiger partial charge in [0.1, 0.15) is 22.8 Å². The third kappa shape index (κ3) is 4.88. The Bertz CT molecular complexity index is 1030. The summed E-state index contributed by atoms with van der Waals surface area (Å²) in [4.78, 5) is 25.6. The molecule has 2 N–H and O–H groups in total.